The summed E-state index contributed by atoms with van der Waals surface area (Å²) in [5, 5.41) is 2.92. The fourth-order valence-corrected chi connectivity index (χ4v) is 6.29. The van der Waals surface area contributed by atoms with Crippen molar-refractivity contribution in [3.63, 3.8) is 0 Å². The molecule has 0 spiro atoms. The van der Waals surface area contributed by atoms with Crippen molar-refractivity contribution in [2.24, 2.45) is 5.73 Å². The van der Waals surface area contributed by atoms with Crippen LogP contribution < -0.4 is 11.1 Å². The summed E-state index contributed by atoms with van der Waals surface area (Å²) >= 11 is 3.94. The van der Waals surface area contributed by atoms with Crippen molar-refractivity contribution in [3.05, 3.63) is 35.4 Å². The third-order valence-electron chi connectivity index (χ3n) is 4.85. The van der Waals surface area contributed by atoms with Crippen molar-refractivity contribution in [1.82, 2.24) is 10.2 Å². The van der Waals surface area contributed by atoms with Gasteiger partial charge in [-0.3, -0.25) is 9.59 Å². The summed E-state index contributed by atoms with van der Waals surface area (Å²) in [6, 6.07) is 8.15. The van der Waals surface area contributed by atoms with Crippen LogP contribution in [0.4, 0.5) is 0 Å². The largest absolute Gasteiger partial charge is 0.354 e. The predicted octanol–water partition coefficient (Wildman–Crippen LogP) is 2.62. The van der Waals surface area contributed by atoms with Gasteiger partial charge in [0.05, 0.1) is 4.58 Å². The van der Waals surface area contributed by atoms with Crippen LogP contribution in [0, 0.1) is 0 Å². The first kappa shape index (κ1) is 19.6. The SMILES string of the molecule is NCCC(=O)NCC1CCCCN1C(=O)c1ccc(C2SCCS2)cc1. The molecule has 1 aromatic rings. The summed E-state index contributed by atoms with van der Waals surface area (Å²) in [4.78, 5) is 26.6. The zero-order chi connectivity index (χ0) is 18.4. The molecule has 2 aliphatic heterocycles. The van der Waals surface area contributed by atoms with Gasteiger partial charge in [0, 0.05) is 49.2 Å². The van der Waals surface area contributed by atoms with E-state index in [2.05, 4.69) is 17.4 Å². The van der Waals surface area contributed by atoms with Crippen LogP contribution in [0.25, 0.3) is 0 Å². The lowest BCUT2D eigenvalue weighted by Crippen LogP contribution is -2.49. The van der Waals surface area contributed by atoms with Crippen molar-refractivity contribution < 1.29 is 9.59 Å². The average Bonchev–Trinajstić information content (AvgIpc) is 3.21. The maximum atomic E-state index is 13.0. The Morgan fingerprint density at radius 3 is 2.58 bits per heavy atom. The van der Waals surface area contributed by atoms with Gasteiger partial charge in [-0.1, -0.05) is 12.1 Å². The van der Waals surface area contributed by atoms with Gasteiger partial charge >= 0.3 is 0 Å². The second-order valence-electron chi connectivity index (χ2n) is 6.69. The first-order valence-corrected chi connectivity index (χ1v) is 11.4. The predicted molar refractivity (Wildman–Crippen MR) is 109 cm³/mol. The molecular formula is C19H27N3O2S2. The van der Waals surface area contributed by atoms with Crippen LogP contribution in [-0.2, 0) is 4.79 Å². The van der Waals surface area contributed by atoms with Crippen LogP contribution in [0.3, 0.4) is 0 Å². The van der Waals surface area contributed by atoms with Crippen LogP contribution in [0.2, 0.25) is 0 Å². The molecule has 5 nitrogen and oxygen atoms in total. The van der Waals surface area contributed by atoms with E-state index in [1.807, 2.05) is 40.6 Å². The first-order chi connectivity index (χ1) is 12.7. The van der Waals surface area contributed by atoms with Gasteiger partial charge in [-0.15, -0.1) is 23.5 Å². The highest BCUT2D eigenvalue weighted by Crippen LogP contribution is 2.45. The highest BCUT2D eigenvalue weighted by molar-refractivity contribution is 8.19. The molecule has 0 aromatic heterocycles. The summed E-state index contributed by atoms with van der Waals surface area (Å²) in [6.07, 6.45) is 3.38. The van der Waals surface area contributed by atoms with Crippen molar-refractivity contribution in [2.45, 2.75) is 36.3 Å². The Hall–Kier alpha value is -1.18. The van der Waals surface area contributed by atoms with Gasteiger partial charge < -0.3 is 16.0 Å². The molecule has 0 saturated carbocycles. The molecule has 2 aliphatic rings. The van der Waals surface area contributed by atoms with Crippen LogP contribution >= 0.6 is 23.5 Å². The number of nitrogens with two attached hydrogens (primary N) is 1. The number of amides is 2. The van der Waals surface area contributed by atoms with Gasteiger partial charge in [-0.05, 0) is 37.0 Å². The number of carbonyl (C=O) groups is 2. The number of benzene rings is 1. The standard InChI is InChI=1S/C19H27N3O2S2/c20-9-8-17(23)21-13-16-3-1-2-10-22(16)18(24)14-4-6-15(7-5-14)19-25-11-12-26-19/h4-7,16,19H,1-3,8-13,20H2,(H,21,23). The molecule has 2 saturated heterocycles. The molecule has 3 N–H and O–H groups in total. The number of nitrogens with one attached hydrogen (secondary N) is 1. The summed E-state index contributed by atoms with van der Waals surface area (Å²) in [7, 11) is 0. The van der Waals surface area contributed by atoms with Gasteiger partial charge in [0.15, 0.2) is 0 Å². The number of carbonyl (C=O) groups excluding carboxylic acids is 2. The van der Waals surface area contributed by atoms with Crippen LogP contribution in [-0.4, -0.2) is 53.9 Å². The normalized spacial score (nSPS) is 21.0. The van der Waals surface area contributed by atoms with E-state index in [1.54, 1.807) is 0 Å². The summed E-state index contributed by atoms with van der Waals surface area (Å²) in [6.45, 7) is 1.62. The Morgan fingerprint density at radius 1 is 1.15 bits per heavy atom. The van der Waals surface area contributed by atoms with Crippen LogP contribution in [0.1, 0.15) is 46.2 Å². The molecule has 0 aliphatic carbocycles. The highest BCUT2D eigenvalue weighted by atomic mass is 32.2. The minimum Gasteiger partial charge on any atom is -0.354 e. The molecule has 26 heavy (non-hydrogen) atoms. The molecule has 2 amide bonds. The average molecular weight is 394 g/mol. The second-order valence-corrected chi connectivity index (χ2v) is 9.41. The lowest BCUT2D eigenvalue weighted by molar-refractivity contribution is -0.121. The summed E-state index contributed by atoms with van der Waals surface area (Å²) in [5.41, 5.74) is 7.45. The molecule has 0 bridgehead atoms. The Kier molecular flexibility index (Phi) is 7.28. The Bertz CT molecular complexity index is 618. The monoisotopic (exact) mass is 393 g/mol. The van der Waals surface area contributed by atoms with Crippen LogP contribution in [0.5, 0.6) is 0 Å². The topological polar surface area (TPSA) is 75.4 Å². The number of piperidine rings is 1. The molecule has 2 fully saturated rings. The zero-order valence-corrected chi connectivity index (χ0v) is 16.6. The molecule has 1 unspecified atom stereocenters. The minimum atomic E-state index is -0.0404. The molecule has 3 rings (SSSR count). The van der Waals surface area contributed by atoms with Crippen LogP contribution in [0.15, 0.2) is 24.3 Å². The van der Waals surface area contributed by atoms with Crippen molar-refractivity contribution >= 4 is 35.3 Å². The van der Waals surface area contributed by atoms with E-state index in [1.165, 1.54) is 17.1 Å². The summed E-state index contributed by atoms with van der Waals surface area (Å²) < 4.78 is 0.500. The van der Waals surface area contributed by atoms with E-state index < -0.39 is 0 Å². The molecule has 2 heterocycles. The molecule has 0 radical (unpaired) electrons. The number of hydrogen-bond acceptors (Lipinski definition) is 5. The number of likely N-dealkylation sites (tertiary alicyclic amines) is 1. The summed E-state index contributed by atoms with van der Waals surface area (Å²) in [5.74, 6) is 2.42. The fourth-order valence-electron chi connectivity index (χ4n) is 3.43. The zero-order valence-electron chi connectivity index (χ0n) is 15.0. The van der Waals surface area contributed by atoms with E-state index in [0.29, 0.717) is 24.1 Å². The quantitative estimate of drug-likeness (QED) is 0.777. The van der Waals surface area contributed by atoms with E-state index >= 15 is 0 Å². The van der Waals surface area contributed by atoms with Gasteiger partial charge in [0.2, 0.25) is 5.91 Å². The van der Waals surface area contributed by atoms with E-state index in [9.17, 15) is 9.59 Å². The lowest BCUT2D eigenvalue weighted by Gasteiger charge is -2.36. The van der Waals surface area contributed by atoms with Gasteiger partial charge in [0.1, 0.15) is 0 Å². The van der Waals surface area contributed by atoms with Gasteiger partial charge in [0.25, 0.3) is 5.91 Å². The first-order valence-electron chi connectivity index (χ1n) is 9.30. The maximum Gasteiger partial charge on any atom is 0.254 e. The smallest absolute Gasteiger partial charge is 0.254 e. The van der Waals surface area contributed by atoms with Gasteiger partial charge in [-0.2, -0.15) is 0 Å². The number of hydrogen-bond donors (Lipinski definition) is 2. The Morgan fingerprint density at radius 2 is 1.88 bits per heavy atom. The molecular weight excluding hydrogens is 366 g/mol. The fraction of sp³-hybridized carbons (Fsp3) is 0.579. The Balaban J connectivity index is 1.63. The third kappa shape index (κ3) is 4.96. The third-order valence-corrected chi connectivity index (χ3v) is 7.95. The number of thioether (sulfide) groups is 2. The van der Waals surface area contributed by atoms with E-state index in [4.69, 9.17) is 5.73 Å². The van der Waals surface area contributed by atoms with E-state index in [-0.39, 0.29) is 17.9 Å². The molecule has 142 valence electrons. The van der Waals surface area contributed by atoms with Crippen molar-refractivity contribution in [1.29, 1.82) is 0 Å². The minimum absolute atomic E-state index is 0.0404. The van der Waals surface area contributed by atoms with Gasteiger partial charge in [-0.25, -0.2) is 0 Å². The number of rotatable bonds is 6. The lowest BCUT2D eigenvalue weighted by atomic mass is 10.00. The highest BCUT2D eigenvalue weighted by Gasteiger charge is 2.28. The maximum absolute atomic E-state index is 13.0. The Labute approximate surface area is 163 Å². The van der Waals surface area contributed by atoms with E-state index in [0.717, 1.165) is 31.4 Å². The molecule has 1 aromatic carbocycles. The number of nitrogens with zero attached hydrogens (tertiary/aromatic N) is 1. The van der Waals surface area contributed by atoms with Crippen molar-refractivity contribution in [2.75, 3.05) is 31.1 Å². The molecule has 1 atom stereocenters. The second kappa shape index (κ2) is 9.67. The van der Waals surface area contributed by atoms with Crippen molar-refractivity contribution in [3.8, 4) is 0 Å². The molecule has 7 heteroatoms.